The molecule has 1 aliphatic heterocycles. The van der Waals surface area contributed by atoms with Crippen LogP contribution in [0, 0.1) is 0 Å². The minimum absolute atomic E-state index is 0.273. The van der Waals surface area contributed by atoms with E-state index in [1.807, 2.05) is 25.1 Å². The summed E-state index contributed by atoms with van der Waals surface area (Å²) in [6, 6.07) is 12.4. The van der Waals surface area contributed by atoms with Gasteiger partial charge < -0.3 is 10.0 Å². The average molecular weight is 481 g/mol. The molecule has 1 amide bonds. The highest BCUT2D eigenvalue weighted by atomic mass is 79.9. The molecule has 136 valence electrons. The average Bonchev–Trinajstić information content (AvgIpc) is 2.81. The van der Waals surface area contributed by atoms with Crippen molar-refractivity contribution in [3.8, 4) is 0 Å². The SMILES string of the molecule is CCCCN1C(=O)C(O)(CC(=O)c2cccc(Br)c2)c2cc(Br)ccc21. The topological polar surface area (TPSA) is 57.6 Å². The second-order valence-electron chi connectivity index (χ2n) is 6.44. The van der Waals surface area contributed by atoms with Gasteiger partial charge in [0.05, 0.1) is 12.1 Å². The van der Waals surface area contributed by atoms with E-state index >= 15 is 0 Å². The van der Waals surface area contributed by atoms with Crippen LogP contribution in [0.3, 0.4) is 0 Å². The zero-order valence-corrected chi connectivity index (χ0v) is 17.5. The van der Waals surface area contributed by atoms with Gasteiger partial charge in [-0.2, -0.15) is 0 Å². The first-order valence-electron chi connectivity index (χ1n) is 8.50. The van der Waals surface area contributed by atoms with Crippen molar-refractivity contribution in [3.63, 3.8) is 0 Å². The van der Waals surface area contributed by atoms with Crippen molar-refractivity contribution < 1.29 is 14.7 Å². The number of hydrogen-bond donors (Lipinski definition) is 1. The molecule has 1 aliphatic rings. The van der Waals surface area contributed by atoms with E-state index in [0.717, 1.165) is 21.8 Å². The Morgan fingerprint density at radius 2 is 1.88 bits per heavy atom. The van der Waals surface area contributed by atoms with Crippen LogP contribution >= 0.6 is 31.9 Å². The number of nitrogens with zero attached hydrogens (tertiary/aromatic N) is 1. The van der Waals surface area contributed by atoms with Gasteiger partial charge in [0.1, 0.15) is 0 Å². The number of carbonyl (C=O) groups is 2. The number of amides is 1. The van der Waals surface area contributed by atoms with Crippen molar-refractivity contribution in [1.29, 1.82) is 0 Å². The summed E-state index contributed by atoms with van der Waals surface area (Å²) in [7, 11) is 0. The lowest BCUT2D eigenvalue weighted by molar-refractivity contribution is -0.135. The van der Waals surface area contributed by atoms with Crippen LogP contribution in [0.2, 0.25) is 0 Å². The summed E-state index contributed by atoms with van der Waals surface area (Å²) >= 11 is 6.74. The van der Waals surface area contributed by atoms with Crippen molar-refractivity contribution >= 4 is 49.2 Å². The molecule has 1 unspecified atom stereocenters. The third-order valence-corrected chi connectivity index (χ3v) is 5.58. The molecular formula is C20H19Br2NO3. The second-order valence-corrected chi connectivity index (χ2v) is 8.27. The van der Waals surface area contributed by atoms with Crippen molar-refractivity contribution in [1.82, 2.24) is 0 Å². The molecule has 1 heterocycles. The largest absolute Gasteiger partial charge is 0.375 e. The summed E-state index contributed by atoms with van der Waals surface area (Å²) in [5, 5.41) is 11.3. The van der Waals surface area contributed by atoms with E-state index in [9.17, 15) is 14.7 Å². The number of hydrogen-bond acceptors (Lipinski definition) is 3. The minimum atomic E-state index is -1.84. The number of carbonyl (C=O) groups excluding carboxylic acids is 2. The number of anilines is 1. The fourth-order valence-electron chi connectivity index (χ4n) is 3.23. The van der Waals surface area contributed by atoms with Crippen LogP contribution < -0.4 is 4.90 Å². The lowest BCUT2D eigenvalue weighted by Crippen LogP contribution is -2.42. The van der Waals surface area contributed by atoms with E-state index in [4.69, 9.17) is 0 Å². The van der Waals surface area contributed by atoms with Gasteiger partial charge in [-0.25, -0.2) is 0 Å². The van der Waals surface area contributed by atoms with Gasteiger partial charge in [0.15, 0.2) is 11.4 Å². The Morgan fingerprint density at radius 3 is 2.58 bits per heavy atom. The summed E-state index contributed by atoms with van der Waals surface area (Å²) in [6.07, 6.45) is 1.48. The standard InChI is InChI=1S/C20H19Br2NO3/c1-2-3-9-23-17-8-7-15(22)11-16(17)20(26,19(23)25)12-18(24)13-5-4-6-14(21)10-13/h4-8,10-11,26H,2-3,9,12H2,1H3. The maximum atomic E-state index is 13.0. The molecule has 6 heteroatoms. The number of halogens is 2. The second kappa shape index (κ2) is 7.62. The molecule has 3 rings (SSSR count). The Morgan fingerprint density at radius 1 is 1.15 bits per heavy atom. The highest BCUT2D eigenvalue weighted by Crippen LogP contribution is 2.44. The normalized spacial score (nSPS) is 18.9. The minimum Gasteiger partial charge on any atom is -0.375 e. The van der Waals surface area contributed by atoms with E-state index < -0.39 is 11.5 Å². The van der Waals surface area contributed by atoms with Crippen molar-refractivity contribution in [2.45, 2.75) is 31.8 Å². The lowest BCUT2D eigenvalue weighted by atomic mass is 9.88. The first kappa shape index (κ1) is 19.3. The molecule has 0 saturated heterocycles. The number of fused-ring (bicyclic) bond motifs is 1. The summed E-state index contributed by atoms with van der Waals surface area (Å²) in [6.45, 7) is 2.57. The van der Waals surface area contributed by atoms with Gasteiger partial charge >= 0.3 is 0 Å². The van der Waals surface area contributed by atoms with E-state index in [1.165, 1.54) is 0 Å². The lowest BCUT2D eigenvalue weighted by Gasteiger charge is -2.22. The van der Waals surface area contributed by atoms with Crippen LogP contribution in [0.5, 0.6) is 0 Å². The van der Waals surface area contributed by atoms with E-state index in [0.29, 0.717) is 23.4 Å². The zero-order chi connectivity index (χ0) is 18.9. The Kier molecular flexibility index (Phi) is 5.65. The Labute approximate surface area is 169 Å². The third kappa shape index (κ3) is 3.50. The van der Waals surface area contributed by atoms with Crippen molar-refractivity contribution in [3.05, 3.63) is 62.5 Å². The zero-order valence-electron chi connectivity index (χ0n) is 14.3. The third-order valence-electron chi connectivity index (χ3n) is 4.59. The number of ketones is 1. The van der Waals surface area contributed by atoms with Gasteiger partial charge in [-0.1, -0.05) is 57.3 Å². The molecular weight excluding hydrogens is 462 g/mol. The molecule has 2 aromatic rings. The maximum Gasteiger partial charge on any atom is 0.264 e. The highest BCUT2D eigenvalue weighted by Gasteiger charge is 2.50. The van der Waals surface area contributed by atoms with Crippen LogP contribution in [0.25, 0.3) is 0 Å². The molecule has 0 aromatic heterocycles. The van der Waals surface area contributed by atoms with Crippen molar-refractivity contribution in [2.75, 3.05) is 11.4 Å². The van der Waals surface area contributed by atoms with E-state index in [1.54, 1.807) is 29.2 Å². The van der Waals surface area contributed by atoms with E-state index in [-0.39, 0.29) is 12.2 Å². The molecule has 4 nitrogen and oxygen atoms in total. The predicted molar refractivity (Wildman–Crippen MR) is 108 cm³/mol. The Bertz CT molecular complexity index is 868. The highest BCUT2D eigenvalue weighted by molar-refractivity contribution is 9.10. The van der Waals surface area contributed by atoms with Crippen molar-refractivity contribution in [2.24, 2.45) is 0 Å². The molecule has 0 aliphatic carbocycles. The quantitative estimate of drug-likeness (QED) is 0.603. The molecule has 1 atom stereocenters. The van der Waals surface area contributed by atoms with Crippen LogP contribution in [0.15, 0.2) is 51.4 Å². The smallest absolute Gasteiger partial charge is 0.264 e. The molecule has 0 saturated carbocycles. The first-order valence-corrected chi connectivity index (χ1v) is 10.1. The molecule has 26 heavy (non-hydrogen) atoms. The van der Waals surface area contributed by atoms with Crippen LogP contribution in [-0.2, 0) is 10.4 Å². The molecule has 0 bridgehead atoms. The number of Topliss-reactive ketones (excluding diaryl/α,β-unsaturated/α-hetero) is 1. The molecule has 1 N–H and O–H groups in total. The maximum absolute atomic E-state index is 13.0. The Balaban J connectivity index is 1.98. The fourth-order valence-corrected chi connectivity index (χ4v) is 3.99. The monoisotopic (exact) mass is 479 g/mol. The fraction of sp³-hybridized carbons (Fsp3) is 0.300. The van der Waals surface area contributed by atoms with E-state index in [2.05, 4.69) is 31.9 Å². The number of unbranched alkanes of at least 4 members (excludes halogenated alkanes) is 1. The molecule has 2 aromatic carbocycles. The van der Waals surface area contributed by atoms with Gasteiger partial charge in [-0.05, 0) is 36.8 Å². The summed E-state index contributed by atoms with van der Waals surface area (Å²) in [5.41, 5.74) is -0.219. The molecule has 0 radical (unpaired) electrons. The van der Waals surface area contributed by atoms with Gasteiger partial charge in [0, 0.05) is 26.6 Å². The molecule has 0 fully saturated rings. The first-order chi connectivity index (χ1) is 12.4. The summed E-state index contributed by atoms with van der Waals surface area (Å²) < 4.78 is 1.54. The number of rotatable bonds is 6. The predicted octanol–water partition coefficient (Wildman–Crippen LogP) is 4.82. The van der Waals surface area contributed by atoms with Crippen LogP contribution in [0.4, 0.5) is 5.69 Å². The summed E-state index contributed by atoms with van der Waals surface area (Å²) in [5.74, 6) is -0.701. The van der Waals surface area contributed by atoms with Crippen LogP contribution in [-0.4, -0.2) is 23.3 Å². The number of benzene rings is 2. The van der Waals surface area contributed by atoms with Gasteiger partial charge in [0.25, 0.3) is 5.91 Å². The van der Waals surface area contributed by atoms with Crippen LogP contribution in [0.1, 0.15) is 42.1 Å². The van der Waals surface area contributed by atoms with Gasteiger partial charge in [-0.15, -0.1) is 0 Å². The number of aliphatic hydroxyl groups is 1. The summed E-state index contributed by atoms with van der Waals surface area (Å²) in [4.78, 5) is 27.4. The van der Waals surface area contributed by atoms with Gasteiger partial charge in [-0.3, -0.25) is 9.59 Å². The Hall–Kier alpha value is -1.50. The molecule has 0 spiro atoms. The van der Waals surface area contributed by atoms with Gasteiger partial charge in [0.2, 0.25) is 0 Å².